The Bertz CT molecular complexity index is 1450. The van der Waals surface area contributed by atoms with Crippen LogP contribution in [0.3, 0.4) is 0 Å². The number of hydrogen-bond acceptors (Lipinski definition) is 6. The molecule has 1 aliphatic rings. The van der Waals surface area contributed by atoms with Crippen LogP contribution in [0, 0.1) is 6.92 Å². The molecule has 6 rings (SSSR count). The summed E-state index contributed by atoms with van der Waals surface area (Å²) < 4.78 is 7.78. The van der Waals surface area contributed by atoms with E-state index in [1.54, 1.807) is 29.2 Å². The van der Waals surface area contributed by atoms with E-state index in [0.29, 0.717) is 23.1 Å². The van der Waals surface area contributed by atoms with E-state index < -0.39 is 0 Å². The lowest BCUT2D eigenvalue weighted by Gasteiger charge is -2.27. The van der Waals surface area contributed by atoms with Crippen LogP contribution < -0.4 is 4.74 Å². The number of fused-ring (bicyclic) bond motifs is 4. The van der Waals surface area contributed by atoms with Gasteiger partial charge in [-0.05, 0) is 30.2 Å². The number of pyridine rings is 1. The minimum Gasteiger partial charge on any atom is -0.508 e. The number of phenols is 1. The van der Waals surface area contributed by atoms with Gasteiger partial charge in [0.2, 0.25) is 5.88 Å². The van der Waals surface area contributed by atoms with Crippen molar-refractivity contribution in [2.75, 3.05) is 0 Å². The van der Waals surface area contributed by atoms with Gasteiger partial charge < -0.3 is 9.84 Å². The number of phenolic OH excluding ortho intramolecular Hbond substituents is 1. The van der Waals surface area contributed by atoms with Gasteiger partial charge in [0, 0.05) is 35.5 Å². The smallest absolute Gasteiger partial charge is 0.228 e. The predicted molar refractivity (Wildman–Crippen MR) is 114 cm³/mol. The fourth-order valence-corrected chi connectivity index (χ4v) is 4.13. The standard InChI is InChI=1S/C24H17N5O2/c1-14-5-2-3-7-17(14)22-27-23-21-20(15-6-4-10-25-12-15)18-9-8-16(30)11-19(18)31-24(21)26-13-29(23)28-22/h2-13,20,30H,1H3/t20-/m0/s1. The van der Waals surface area contributed by atoms with Crippen molar-refractivity contribution in [3.05, 3.63) is 95.6 Å². The topological polar surface area (TPSA) is 85.4 Å². The van der Waals surface area contributed by atoms with E-state index in [0.717, 1.165) is 27.8 Å². The zero-order valence-electron chi connectivity index (χ0n) is 16.6. The largest absolute Gasteiger partial charge is 0.508 e. The number of rotatable bonds is 2. The van der Waals surface area contributed by atoms with Crippen LogP contribution in [0.5, 0.6) is 17.4 Å². The summed E-state index contributed by atoms with van der Waals surface area (Å²) in [7, 11) is 0. The molecule has 1 N–H and O–H groups in total. The Morgan fingerprint density at radius 1 is 1.06 bits per heavy atom. The van der Waals surface area contributed by atoms with Gasteiger partial charge in [-0.25, -0.2) is 14.5 Å². The first-order chi connectivity index (χ1) is 15.2. The molecule has 5 aromatic rings. The van der Waals surface area contributed by atoms with Crippen molar-refractivity contribution < 1.29 is 9.84 Å². The summed E-state index contributed by atoms with van der Waals surface area (Å²) in [6.45, 7) is 2.04. The SMILES string of the molecule is Cc1ccccc1-c1nc2c3c(ncn2n1)Oc1cc(O)ccc1[C@@H]3c1cccnc1. The third kappa shape index (κ3) is 2.74. The molecule has 31 heavy (non-hydrogen) atoms. The first-order valence-corrected chi connectivity index (χ1v) is 9.91. The van der Waals surface area contributed by atoms with Crippen LogP contribution in [0.2, 0.25) is 0 Å². The Morgan fingerprint density at radius 2 is 1.97 bits per heavy atom. The number of ether oxygens (including phenoxy) is 1. The molecule has 0 radical (unpaired) electrons. The number of hydrogen-bond donors (Lipinski definition) is 1. The summed E-state index contributed by atoms with van der Waals surface area (Å²) >= 11 is 0. The first kappa shape index (κ1) is 17.6. The number of nitrogens with zero attached hydrogens (tertiary/aromatic N) is 5. The molecule has 2 aromatic carbocycles. The molecule has 0 amide bonds. The van der Waals surface area contributed by atoms with E-state index in [2.05, 4.69) is 15.1 Å². The molecule has 0 saturated heterocycles. The van der Waals surface area contributed by atoms with Crippen LogP contribution in [0.15, 0.2) is 73.3 Å². The zero-order valence-corrected chi connectivity index (χ0v) is 16.6. The van der Waals surface area contributed by atoms with Gasteiger partial charge in [-0.2, -0.15) is 0 Å². The molecule has 0 saturated carbocycles. The molecule has 0 bridgehead atoms. The quantitative estimate of drug-likeness (QED) is 0.455. The first-order valence-electron chi connectivity index (χ1n) is 9.91. The highest BCUT2D eigenvalue weighted by Gasteiger charge is 2.33. The third-order valence-corrected chi connectivity index (χ3v) is 5.59. The molecule has 7 nitrogen and oxygen atoms in total. The number of aromatic nitrogens is 5. The molecular formula is C24H17N5O2. The van der Waals surface area contributed by atoms with Gasteiger partial charge in [-0.15, -0.1) is 5.10 Å². The van der Waals surface area contributed by atoms with Crippen LogP contribution in [0.1, 0.15) is 28.2 Å². The van der Waals surface area contributed by atoms with Gasteiger partial charge in [-0.3, -0.25) is 4.98 Å². The van der Waals surface area contributed by atoms with Gasteiger partial charge in [0.1, 0.15) is 17.8 Å². The second kappa shape index (κ2) is 6.63. The molecule has 150 valence electrons. The van der Waals surface area contributed by atoms with E-state index in [1.165, 1.54) is 0 Å². The molecular weight excluding hydrogens is 390 g/mol. The van der Waals surface area contributed by atoms with Gasteiger partial charge in [0.05, 0.1) is 5.56 Å². The van der Waals surface area contributed by atoms with Crippen molar-refractivity contribution in [2.24, 2.45) is 0 Å². The molecule has 0 aliphatic carbocycles. The van der Waals surface area contributed by atoms with Crippen LogP contribution in [-0.4, -0.2) is 29.7 Å². The average molecular weight is 407 g/mol. The summed E-state index contributed by atoms with van der Waals surface area (Å²) in [6.07, 6.45) is 5.18. The Labute approximate surface area is 177 Å². The summed E-state index contributed by atoms with van der Waals surface area (Å²) in [5, 5.41) is 14.7. The Kier molecular flexibility index (Phi) is 3.76. The van der Waals surface area contributed by atoms with Gasteiger partial charge >= 0.3 is 0 Å². The minimum atomic E-state index is -0.210. The second-order valence-electron chi connectivity index (χ2n) is 7.53. The third-order valence-electron chi connectivity index (χ3n) is 5.59. The predicted octanol–water partition coefficient (Wildman–Crippen LogP) is 4.49. The molecule has 0 fully saturated rings. The molecule has 0 unspecified atom stereocenters. The molecule has 3 aromatic heterocycles. The van der Waals surface area contributed by atoms with Gasteiger partial charge in [0.25, 0.3) is 0 Å². The fraction of sp³-hybridized carbons (Fsp3) is 0.0833. The van der Waals surface area contributed by atoms with Crippen molar-refractivity contribution in [1.29, 1.82) is 0 Å². The maximum Gasteiger partial charge on any atom is 0.228 e. The normalized spacial score (nSPS) is 14.7. The number of aryl methyl sites for hydroxylation is 1. The summed E-state index contributed by atoms with van der Waals surface area (Å²) in [5.41, 5.74) is 5.46. The summed E-state index contributed by atoms with van der Waals surface area (Å²) in [5.74, 6) is 1.57. The van der Waals surface area contributed by atoms with Crippen LogP contribution in [-0.2, 0) is 0 Å². The van der Waals surface area contributed by atoms with Gasteiger partial charge in [-0.1, -0.05) is 36.4 Å². The number of benzene rings is 2. The lowest BCUT2D eigenvalue weighted by Crippen LogP contribution is -2.15. The highest BCUT2D eigenvalue weighted by Crippen LogP contribution is 2.48. The van der Waals surface area contributed by atoms with Crippen molar-refractivity contribution in [3.63, 3.8) is 0 Å². The van der Waals surface area contributed by atoms with Crippen molar-refractivity contribution in [3.8, 4) is 28.8 Å². The minimum absolute atomic E-state index is 0.137. The molecule has 1 atom stereocenters. The molecule has 7 heteroatoms. The van der Waals surface area contributed by atoms with Crippen molar-refractivity contribution >= 4 is 5.65 Å². The highest BCUT2D eigenvalue weighted by molar-refractivity contribution is 5.69. The molecule has 4 heterocycles. The summed E-state index contributed by atoms with van der Waals surface area (Å²) in [6, 6.07) is 17.1. The van der Waals surface area contributed by atoms with E-state index in [4.69, 9.17) is 9.72 Å². The van der Waals surface area contributed by atoms with Gasteiger partial charge in [0.15, 0.2) is 11.5 Å². The zero-order chi connectivity index (χ0) is 20.9. The Morgan fingerprint density at radius 3 is 2.81 bits per heavy atom. The maximum absolute atomic E-state index is 9.98. The Balaban J connectivity index is 1.63. The molecule has 1 aliphatic heterocycles. The van der Waals surface area contributed by atoms with Crippen LogP contribution in [0.4, 0.5) is 0 Å². The highest BCUT2D eigenvalue weighted by atomic mass is 16.5. The van der Waals surface area contributed by atoms with Crippen molar-refractivity contribution in [1.82, 2.24) is 24.6 Å². The summed E-state index contributed by atoms with van der Waals surface area (Å²) in [4.78, 5) is 13.7. The Hall–Kier alpha value is -4.26. The second-order valence-corrected chi connectivity index (χ2v) is 7.53. The average Bonchev–Trinajstić information content (AvgIpc) is 3.22. The maximum atomic E-state index is 9.98. The van der Waals surface area contributed by atoms with Crippen LogP contribution in [0.25, 0.3) is 17.0 Å². The fourth-order valence-electron chi connectivity index (χ4n) is 4.13. The monoisotopic (exact) mass is 407 g/mol. The van der Waals surface area contributed by atoms with Crippen molar-refractivity contribution in [2.45, 2.75) is 12.8 Å². The lowest BCUT2D eigenvalue weighted by molar-refractivity contribution is 0.422. The van der Waals surface area contributed by atoms with Crippen LogP contribution >= 0.6 is 0 Å². The molecule has 0 spiro atoms. The van der Waals surface area contributed by atoms with E-state index in [1.807, 2.05) is 55.6 Å². The lowest BCUT2D eigenvalue weighted by atomic mass is 9.84. The van der Waals surface area contributed by atoms with E-state index >= 15 is 0 Å². The number of aromatic hydroxyl groups is 1. The van der Waals surface area contributed by atoms with E-state index in [-0.39, 0.29) is 11.7 Å². The van der Waals surface area contributed by atoms with E-state index in [9.17, 15) is 5.11 Å².